The number of nitrogens with zero attached hydrogens (tertiary/aromatic N) is 1. The maximum absolute atomic E-state index is 12.2. The van der Waals surface area contributed by atoms with Crippen molar-refractivity contribution in [3.8, 4) is 17.6 Å². The van der Waals surface area contributed by atoms with Crippen molar-refractivity contribution in [1.82, 2.24) is 5.32 Å². The number of para-hydroxylation sites is 1. The third-order valence-electron chi connectivity index (χ3n) is 4.01. The molecule has 0 aliphatic carbocycles. The Balaban J connectivity index is 1.49. The van der Waals surface area contributed by atoms with E-state index in [2.05, 4.69) is 5.32 Å². The molecular weight excluding hydrogens is 404 g/mol. The molecule has 3 rings (SSSR count). The molecule has 30 heavy (non-hydrogen) atoms. The second-order valence-electron chi connectivity index (χ2n) is 6.13. The van der Waals surface area contributed by atoms with Gasteiger partial charge in [0.15, 0.2) is 0 Å². The third-order valence-corrected chi connectivity index (χ3v) is 4.32. The summed E-state index contributed by atoms with van der Waals surface area (Å²) in [6.45, 7) is 0.909. The van der Waals surface area contributed by atoms with Gasteiger partial charge in [-0.1, -0.05) is 35.9 Å². The predicted octanol–water partition coefficient (Wildman–Crippen LogP) is 4.61. The molecule has 0 atom stereocenters. The van der Waals surface area contributed by atoms with E-state index in [1.807, 2.05) is 18.2 Å². The number of furan rings is 1. The maximum Gasteiger partial charge on any atom is 0.262 e. The lowest BCUT2D eigenvalue weighted by atomic mass is 10.1. The lowest BCUT2D eigenvalue weighted by molar-refractivity contribution is -0.117. The molecule has 7 heteroatoms. The molecule has 0 radical (unpaired) electrons. The van der Waals surface area contributed by atoms with Crippen LogP contribution in [-0.4, -0.2) is 19.1 Å². The van der Waals surface area contributed by atoms with Crippen LogP contribution in [-0.2, 0) is 11.3 Å². The first-order chi connectivity index (χ1) is 14.7. The van der Waals surface area contributed by atoms with E-state index in [0.29, 0.717) is 41.1 Å². The highest BCUT2D eigenvalue weighted by molar-refractivity contribution is 6.32. The fourth-order valence-corrected chi connectivity index (χ4v) is 2.71. The molecule has 0 saturated carbocycles. The zero-order valence-corrected chi connectivity index (χ0v) is 16.8. The highest BCUT2D eigenvalue weighted by Crippen LogP contribution is 2.23. The Hall–Kier alpha value is -3.69. The molecule has 0 spiro atoms. The summed E-state index contributed by atoms with van der Waals surface area (Å²) in [5.74, 6) is 1.40. The lowest BCUT2D eigenvalue weighted by Crippen LogP contribution is -2.23. The van der Waals surface area contributed by atoms with E-state index < -0.39 is 5.91 Å². The van der Waals surface area contributed by atoms with Crippen LogP contribution < -0.4 is 14.8 Å². The van der Waals surface area contributed by atoms with Gasteiger partial charge >= 0.3 is 0 Å². The van der Waals surface area contributed by atoms with Crippen molar-refractivity contribution >= 4 is 23.6 Å². The molecule has 2 aromatic carbocycles. The summed E-state index contributed by atoms with van der Waals surface area (Å²) >= 11 is 6.03. The van der Waals surface area contributed by atoms with Crippen molar-refractivity contribution in [1.29, 1.82) is 5.26 Å². The quantitative estimate of drug-likeness (QED) is 0.309. The highest BCUT2D eigenvalue weighted by atomic mass is 35.5. The van der Waals surface area contributed by atoms with Crippen molar-refractivity contribution in [3.05, 3.63) is 88.8 Å². The molecule has 152 valence electrons. The number of hydrogen-bond acceptors (Lipinski definition) is 5. The normalized spacial score (nSPS) is 10.9. The molecule has 3 aromatic rings. The first-order valence-electron chi connectivity index (χ1n) is 9.18. The minimum Gasteiger partial charge on any atom is -0.490 e. The summed E-state index contributed by atoms with van der Waals surface area (Å²) in [6, 6.07) is 19.7. The van der Waals surface area contributed by atoms with Crippen LogP contribution in [0, 0.1) is 11.3 Å². The highest BCUT2D eigenvalue weighted by Gasteiger charge is 2.09. The first kappa shape index (κ1) is 21.0. The van der Waals surface area contributed by atoms with Gasteiger partial charge in [-0.15, -0.1) is 0 Å². The number of carbonyl (C=O) groups is 1. The smallest absolute Gasteiger partial charge is 0.262 e. The molecule has 1 amide bonds. The van der Waals surface area contributed by atoms with Crippen LogP contribution in [0.2, 0.25) is 5.02 Å². The topological polar surface area (TPSA) is 84.5 Å². The molecule has 0 saturated heterocycles. The van der Waals surface area contributed by atoms with E-state index in [1.54, 1.807) is 48.5 Å². The summed E-state index contributed by atoms with van der Waals surface area (Å²) in [4.78, 5) is 12.2. The number of rotatable bonds is 9. The van der Waals surface area contributed by atoms with Crippen LogP contribution in [0.4, 0.5) is 0 Å². The molecule has 6 nitrogen and oxygen atoms in total. The van der Waals surface area contributed by atoms with Gasteiger partial charge in [-0.25, -0.2) is 0 Å². The van der Waals surface area contributed by atoms with E-state index in [0.717, 1.165) is 0 Å². The van der Waals surface area contributed by atoms with E-state index in [4.69, 9.17) is 25.5 Å². The van der Waals surface area contributed by atoms with Gasteiger partial charge in [0.25, 0.3) is 5.91 Å². The summed E-state index contributed by atoms with van der Waals surface area (Å²) in [6.07, 6.45) is 3.04. The van der Waals surface area contributed by atoms with E-state index >= 15 is 0 Å². The number of hydrogen-bond donors (Lipinski definition) is 1. The Bertz CT molecular complexity index is 1040. The molecule has 1 N–H and O–H groups in total. The zero-order chi connectivity index (χ0) is 21.2. The predicted molar refractivity (Wildman–Crippen MR) is 113 cm³/mol. The first-order valence-corrected chi connectivity index (χ1v) is 9.56. The minimum absolute atomic E-state index is 0.00312. The Morgan fingerprint density at radius 2 is 1.83 bits per heavy atom. The average molecular weight is 423 g/mol. The number of carbonyl (C=O) groups excluding carboxylic acids is 1. The molecule has 1 heterocycles. The Morgan fingerprint density at radius 3 is 2.53 bits per heavy atom. The van der Waals surface area contributed by atoms with E-state index in [9.17, 15) is 10.1 Å². The van der Waals surface area contributed by atoms with Crippen LogP contribution in [0.1, 0.15) is 11.3 Å². The summed E-state index contributed by atoms with van der Waals surface area (Å²) in [5.41, 5.74) is 0.711. The van der Waals surface area contributed by atoms with Gasteiger partial charge in [0, 0.05) is 0 Å². The van der Waals surface area contributed by atoms with Crippen LogP contribution in [0.15, 0.2) is 76.9 Å². The van der Waals surface area contributed by atoms with Crippen molar-refractivity contribution in [2.45, 2.75) is 6.54 Å². The van der Waals surface area contributed by atoms with Crippen LogP contribution >= 0.6 is 11.6 Å². The molecular formula is C23H19ClN2O4. The van der Waals surface area contributed by atoms with Gasteiger partial charge in [0.2, 0.25) is 0 Å². The van der Waals surface area contributed by atoms with E-state index in [1.165, 1.54) is 12.3 Å². The van der Waals surface area contributed by atoms with Gasteiger partial charge in [0.05, 0.1) is 17.8 Å². The van der Waals surface area contributed by atoms with Crippen LogP contribution in [0.25, 0.3) is 6.08 Å². The fourth-order valence-electron chi connectivity index (χ4n) is 2.52. The molecule has 1 aromatic heterocycles. The van der Waals surface area contributed by atoms with Crippen molar-refractivity contribution in [2.75, 3.05) is 13.2 Å². The fraction of sp³-hybridized carbons (Fsp3) is 0.130. The summed E-state index contributed by atoms with van der Waals surface area (Å²) < 4.78 is 16.4. The number of nitrogens with one attached hydrogen (secondary N) is 1. The monoisotopic (exact) mass is 422 g/mol. The van der Waals surface area contributed by atoms with Crippen LogP contribution in [0.3, 0.4) is 0 Å². The number of benzene rings is 2. The molecule has 0 bridgehead atoms. The van der Waals surface area contributed by atoms with Gasteiger partial charge in [-0.05, 0) is 48.0 Å². The number of halogens is 1. The van der Waals surface area contributed by atoms with Crippen molar-refractivity contribution < 1.29 is 18.7 Å². The maximum atomic E-state index is 12.2. The zero-order valence-electron chi connectivity index (χ0n) is 16.0. The Morgan fingerprint density at radius 1 is 1.07 bits per heavy atom. The summed E-state index contributed by atoms with van der Waals surface area (Å²) in [7, 11) is 0. The molecule has 0 fully saturated rings. The lowest BCUT2D eigenvalue weighted by Gasteiger charge is -2.09. The van der Waals surface area contributed by atoms with Crippen LogP contribution in [0.5, 0.6) is 11.5 Å². The van der Waals surface area contributed by atoms with Crippen molar-refractivity contribution in [2.24, 2.45) is 0 Å². The largest absolute Gasteiger partial charge is 0.490 e. The average Bonchev–Trinajstić information content (AvgIpc) is 3.29. The minimum atomic E-state index is -0.467. The SMILES string of the molecule is N#CC(=Cc1ccc(OCCOc2ccccc2Cl)cc1)C(=O)NCc1ccco1. The second kappa shape index (κ2) is 10.7. The molecule has 0 aliphatic heterocycles. The Labute approximate surface area is 179 Å². The van der Waals surface area contributed by atoms with Gasteiger partial charge in [-0.3, -0.25) is 4.79 Å². The number of amides is 1. The van der Waals surface area contributed by atoms with Gasteiger partial charge in [0.1, 0.15) is 42.1 Å². The van der Waals surface area contributed by atoms with Gasteiger partial charge in [-0.2, -0.15) is 5.26 Å². The summed E-state index contributed by atoms with van der Waals surface area (Å²) in [5, 5.41) is 12.5. The Kier molecular flexibility index (Phi) is 7.53. The number of ether oxygens (including phenoxy) is 2. The molecule has 0 aliphatic rings. The van der Waals surface area contributed by atoms with E-state index in [-0.39, 0.29) is 12.1 Å². The van der Waals surface area contributed by atoms with Gasteiger partial charge < -0.3 is 19.2 Å². The van der Waals surface area contributed by atoms with Crippen molar-refractivity contribution in [3.63, 3.8) is 0 Å². The number of nitriles is 1. The second-order valence-corrected chi connectivity index (χ2v) is 6.54. The standard InChI is InChI=1S/C23H19ClN2O4/c24-21-5-1-2-6-22(21)30-13-12-29-19-9-7-17(8-10-19)14-18(15-25)23(27)26-16-20-4-3-11-28-20/h1-11,14H,12-13,16H2,(H,26,27). The molecule has 0 unspecified atom stereocenters. The third kappa shape index (κ3) is 6.16.